The van der Waals surface area contributed by atoms with Crippen LogP contribution in [0.4, 0.5) is 0 Å². The van der Waals surface area contributed by atoms with Crippen molar-refractivity contribution >= 4 is 5.91 Å². The molecule has 2 rings (SSSR count). The maximum Gasteiger partial charge on any atom is 0.254 e. The standard InChI is InChI=1S/C14H20N2O2/c1-10(2)12-8-11(4-6-15-12)13(17)16-7-5-14(3,18)9-16/h4,6,8,10,18H,5,7,9H2,1-3H3. The number of hydrogen-bond donors (Lipinski definition) is 1. The molecule has 1 aromatic heterocycles. The Hall–Kier alpha value is -1.42. The van der Waals surface area contributed by atoms with E-state index in [1.165, 1.54) is 0 Å². The highest BCUT2D eigenvalue weighted by atomic mass is 16.3. The van der Waals surface area contributed by atoms with Crippen LogP contribution in [-0.2, 0) is 0 Å². The maximum absolute atomic E-state index is 12.3. The quantitative estimate of drug-likeness (QED) is 0.868. The molecule has 1 aliphatic heterocycles. The first kappa shape index (κ1) is 13.0. The first-order valence-corrected chi connectivity index (χ1v) is 6.37. The number of carbonyl (C=O) groups excluding carboxylic acids is 1. The molecule has 0 saturated carbocycles. The summed E-state index contributed by atoms with van der Waals surface area (Å²) < 4.78 is 0. The topological polar surface area (TPSA) is 53.4 Å². The van der Waals surface area contributed by atoms with Gasteiger partial charge in [-0.2, -0.15) is 0 Å². The first-order valence-electron chi connectivity index (χ1n) is 6.37. The number of rotatable bonds is 2. The van der Waals surface area contributed by atoms with Gasteiger partial charge in [-0.1, -0.05) is 13.8 Å². The van der Waals surface area contributed by atoms with Crippen molar-refractivity contribution in [3.05, 3.63) is 29.6 Å². The predicted molar refractivity (Wildman–Crippen MR) is 69.5 cm³/mol. The molecule has 1 fully saturated rings. The molecular formula is C14H20N2O2. The molecule has 18 heavy (non-hydrogen) atoms. The largest absolute Gasteiger partial charge is 0.388 e. The van der Waals surface area contributed by atoms with Gasteiger partial charge in [-0.05, 0) is 31.4 Å². The van der Waals surface area contributed by atoms with Gasteiger partial charge in [0.05, 0.1) is 5.60 Å². The van der Waals surface area contributed by atoms with Crippen LogP contribution in [0.1, 0.15) is 49.2 Å². The van der Waals surface area contributed by atoms with Crippen LogP contribution in [0.15, 0.2) is 18.3 Å². The van der Waals surface area contributed by atoms with Crippen molar-refractivity contribution in [2.45, 2.75) is 38.7 Å². The molecule has 0 bridgehead atoms. The molecule has 1 unspecified atom stereocenters. The van der Waals surface area contributed by atoms with Crippen molar-refractivity contribution in [2.24, 2.45) is 0 Å². The Morgan fingerprint density at radius 3 is 2.83 bits per heavy atom. The Morgan fingerprint density at radius 1 is 1.56 bits per heavy atom. The zero-order chi connectivity index (χ0) is 13.3. The number of carbonyl (C=O) groups is 1. The minimum absolute atomic E-state index is 0.0166. The van der Waals surface area contributed by atoms with Crippen LogP contribution in [0.3, 0.4) is 0 Å². The number of likely N-dealkylation sites (tertiary alicyclic amines) is 1. The van der Waals surface area contributed by atoms with Crippen LogP contribution in [-0.4, -0.2) is 39.6 Å². The van der Waals surface area contributed by atoms with Gasteiger partial charge in [0.1, 0.15) is 0 Å². The number of aromatic nitrogens is 1. The Bertz CT molecular complexity index is 455. The highest BCUT2D eigenvalue weighted by Crippen LogP contribution is 2.22. The Labute approximate surface area is 108 Å². The van der Waals surface area contributed by atoms with Crippen LogP contribution in [0, 0.1) is 0 Å². The monoisotopic (exact) mass is 248 g/mol. The lowest BCUT2D eigenvalue weighted by atomic mass is 10.1. The van der Waals surface area contributed by atoms with E-state index in [0.29, 0.717) is 31.0 Å². The summed E-state index contributed by atoms with van der Waals surface area (Å²) in [7, 11) is 0. The van der Waals surface area contributed by atoms with Crippen molar-refractivity contribution in [1.29, 1.82) is 0 Å². The van der Waals surface area contributed by atoms with Gasteiger partial charge in [0.25, 0.3) is 5.91 Å². The molecule has 0 aliphatic carbocycles. The van der Waals surface area contributed by atoms with Crippen LogP contribution >= 0.6 is 0 Å². The molecule has 1 amide bonds. The number of aliphatic hydroxyl groups is 1. The van der Waals surface area contributed by atoms with Gasteiger partial charge in [0.2, 0.25) is 0 Å². The zero-order valence-electron chi connectivity index (χ0n) is 11.2. The van der Waals surface area contributed by atoms with Gasteiger partial charge in [-0.3, -0.25) is 9.78 Å². The lowest BCUT2D eigenvalue weighted by molar-refractivity contribution is 0.0572. The van der Waals surface area contributed by atoms with E-state index in [1.54, 1.807) is 24.1 Å². The molecular weight excluding hydrogens is 228 g/mol. The van der Waals surface area contributed by atoms with Gasteiger partial charge in [0, 0.05) is 30.5 Å². The van der Waals surface area contributed by atoms with Crippen molar-refractivity contribution in [3.63, 3.8) is 0 Å². The fraction of sp³-hybridized carbons (Fsp3) is 0.571. The third kappa shape index (κ3) is 2.70. The van der Waals surface area contributed by atoms with Gasteiger partial charge in [0.15, 0.2) is 0 Å². The zero-order valence-corrected chi connectivity index (χ0v) is 11.2. The van der Waals surface area contributed by atoms with Crippen LogP contribution in [0.5, 0.6) is 0 Å². The van der Waals surface area contributed by atoms with E-state index in [4.69, 9.17) is 0 Å². The summed E-state index contributed by atoms with van der Waals surface area (Å²) in [4.78, 5) is 18.3. The summed E-state index contributed by atoms with van der Waals surface area (Å²) >= 11 is 0. The number of β-amino-alcohol motifs (C(OH)–C–C–N with tert-alkyl or cyclic N) is 1. The average Bonchev–Trinajstić information content (AvgIpc) is 2.69. The van der Waals surface area contributed by atoms with E-state index in [9.17, 15) is 9.90 Å². The van der Waals surface area contributed by atoms with E-state index in [-0.39, 0.29) is 5.91 Å². The number of amides is 1. The van der Waals surface area contributed by atoms with Crippen molar-refractivity contribution < 1.29 is 9.90 Å². The van der Waals surface area contributed by atoms with Gasteiger partial charge in [-0.25, -0.2) is 0 Å². The van der Waals surface area contributed by atoms with Crippen LogP contribution < -0.4 is 0 Å². The van der Waals surface area contributed by atoms with E-state index < -0.39 is 5.60 Å². The van der Waals surface area contributed by atoms with E-state index >= 15 is 0 Å². The minimum atomic E-state index is -0.746. The fourth-order valence-electron chi connectivity index (χ4n) is 2.20. The second-order valence-corrected chi connectivity index (χ2v) is 5.60. The number of nitrogens with zero attached hydrogens (tertiary/aromatic N) is 2. The third-order valence-corrected chi connectivity index (χ3v) is 3.36. The molecule has 1 aromatic rings. The third-order valence-electron chi connectivity index (χ3n) is 3.36. The Morgan fingerprint density at radius 2 is 2.28 bits per heavy atom. The average molecular weight is 248 g/mol. The molecule has 1 aliphatic rings. The van der Waals surface area contributed by atoms with Gasteiger partial charge >= 0.3 is 0 Å². The second-order valence-electron chi connectivity index (χ2n) is 5.60. The summed E-state index contributed by atoms with van der Waals surface area (Å²) in [5.74, 6) is 0.288. The lowest BCUT2D eigenvalue weighted by Crippen LogP contribution is -2.33. The molecule has 2 heterocycles. The second kappa shape index (κ2) is 4.69. The number of hydrogen-bond acceptors (Lipinski definition) is 3. The van der Waals surface area contributed by atoms with Crippen LogP contribution in [0.25, 0.3) is 0 Å². The summed E-state index contributed by atoms with van der Waals surface area (Å²) in [6.07, 6.45) is 2.32. The molecule has 0 radical (unpaired) electrons. The molecule has 0 aromatic carbocycles. The van der Waals surface area contributed by atoms with Crippen molar-refractivity contribution in [3.8, 4) is 0 Å². The number of pyridine rings is 1. The summed E-state index contributed by atoms with van der Waals surface area (Å²) in [5, 5.41) is 9.90. The molecule has 98 valence electrons. The minimum Gasteiger partial charge on any atom is -0.388 e. The van der Waals surface area contributed by atoms with E-state index in [1.807, 2.05) is 6.07 Å². The predicted octanol–water partition coefficient (Wildman–Crippen LogP) is 1.80. The SMILES string of the molecule is CC(C)c1cc(C(=O)N2CCC(C)(O)C2)ccn1. The summed E-state index contributed by atoms with van der Waals surface area (Å²) in [6.45, 7) is 6.90. The molecule has 1 N–H and O–H groups in total. The maximum atomic E-state index is 12.3. The molecule has 1 saturated heterocycles. The summed E-state index contributed by atoms with van der Waals surface area (Å²) in [6, 6.07) is 3.58. The van der Waals surface area contributed by atoms with E-state index in [0.717, 1.165) is 5.69 Å². The van der Waals surface area contributed by atoms with Crippen LogP contribution in [0.2, 0.25) is 0 Å². The highest BCUT2D eigenvalue weighted by Gasteiger charge is 2.34. The Balaban J connectivity index is 2.17. The first-order chi connectivity index (χ1) is 8.39. The summed E-state index contributed by atoms with van der Waals surface area (Å²) in [5.41, 5.74) is 0.835. The molecule has 1 atom stereocenters. The van der Waals surface area contributed by atoms with E-state index in [2.05, 4.69) is 18.8 Å². The smallest absolute Gasteiger partial charge is 0.254 e. The van der Waals surface area contributed by atoms with Crippen molar-refractivity contribution in [1.82, 2.24) is 9.88 Å². The van der Waals surface area contributed by atoms with Crippen molar-refractivity contribution in [2.75, 3.05) is 13.1 Å². The lowest BCUT2D eigenvalue weighted by Gasteiger charge is -2.19. The Kier molecular flexibility index (Phi) is 3.39. The van der Waals surface area contributed by atoms with Gasteiger partial charge < -0.3 is 10.0 Å². The molecule has 4 nitrogen and oxygen atoms in total. The molecule has 4 heteroatoms. The normalized spacial score (nSPS) is 23.7. The fourth-order valence-corrected chi connectivity index (χ4v) is 2.20. The highest BCUT2D eigenvalue weighted by molar-refractivity contribution is 5.94. The molecule has 0 spiro atoms. The van der Waals surface area contributed by atoms with Gasteiger partial charge in [-0.15, -0.1) is 0 Å².